The van der Waals surface area contributed by atoms with E-state index in [-0.39, 0.29) is 18.5 Å². The first-order valence-electron chi connectivity index (χ1n) is 10.8. The number of hydrogen-bond acceptors (Lipinski definition) is 7. The summed E-state index contributed by atoms with van der Waals surface area (Å²) in [5.41, 5.74) is 3.56. The van der Waals surface area contributed by atoms with Crippen molar-refractivity contribution in [1.29, 1.82) is 0 Å². The highest BCUT2D eigenvalue weighted by Crippen LogP contribution is 2.30. The van der Waals surface area contributed by atoms with E-state index in [1.165, 1.54) is 12.3 Å². The van der Waals surface area contributed by atoms with Gasteiger partial charge in [0.2, 0.25) is 0 Å². The van der Waals surface area contributed by atoms with Crippen molar-refractivity contribution >= 4 is 28.4 Å². The van der Waals surface area contributed by atoms with E-state index in [0.717, 1.165) is 16.6 Å². The van der Waals surface area contributed by atoms with E-state index in [1.54, 1.807) is 24.7 Å². The van der Waals surface area contributed by atoms with E-state index >= 15 is 0 Å². The minimum atomic E-state index is -0.471. The van der Waals surface area contributed by atoms with Gasteiger partial charge >= 0.3 is 5.97 Å². The summed E-state index contributed by atoms with van der Waals surface area (Å²) >= 11 is 0. The highest BCUT2D eigenvalue weighted by Gasteiger charge is 2.22. The van der Waals surface area contributed by atoms with Crippen molar-refractivity contribution in [1.82, 2.24) is 14.8 Å². The molecule has 1 aliphatic rings. The van der Waals surface area contributed by atoms with Crippen molar-refractivity contribution in [3.05, 3.63) is 47.0 Å². The van der Waals surface area contributed by atoms with E-state index in [2.05, 4.69) is 15.4 Å². The molecule has 8 nitrogen and oxygen atoms in total. The lowest BCUT2D eigenvalue weighted by molar-refractivity contribution is 0.0527. The number of benzene rings is 1. The van der Waals surface area contributed by atoms with Gasteiger partial charge in [-0.05, 0) is 44.4 Å². The zero-order valence-corrected chi connectivity index (χ0v) is 18.6. The molecule has 3 aromatic rings. The summed E-state index contributed by atoms with van der Waals surface area (Å²) in [6.07, 6.45) is 2.46. The molecule has 2 aromatic heterocycles. The summed E-state index contributed by atoms with van der Waals surface area (Å²) in [7, 11) is 1.80. The summed E-state index contributed by atoms with van der Waals surface area (Å²) in [5.74, 6) is -0.773. The van der Waals surface area contributed by atoms with Gasteiger partial charge < -0.3 is 20.1 Å². The third-order valence-electron chi connectivity index (χ3n) is 5.81. The Morgan fingerprint density at radius 3 is 2.78 bits per heavy atom. The number of rotatable bonds is 6. The Hall–Kier alpha value is -3.20. The van der Waals surface area contributed by atoms with E-state index in [1.807, 2.05) is 17.9 Å². The Balaban J connectivity index is 1.60. The van der Waals surface area contributed by atoms with Crippen molar-refractivity contribution in [3.8, 4) is 0 Å². The van der Waals surface area contributed by atoms with Crippen molar-refractivity contribution in [3.63, 3.8) is 0 Å². The molecular formula is C23H28FN5O3. The highest BCUT2D eigenvalue weighted by molar-refractivity contribution is 6.05. The normalized spacial score (nSPS) is 14.7. The molecule has 1 aromatic carbocycles. The minimum absolute atomic E-state index is 0.253. The second-order valence-corrected chi connectivity index (χ2v) is 8.03. The molecule has 0 aliphatic carbocycles. The summed E-state index contributed by atoms with van der Waals surface area (Å²) in [6.45, 7) is 5.44. The van der Waals surface area contributed by atoms with Crippen LogP contribution in [0.15, 0.2) is 24.4 Å². The molecule has 1 fully saturated rings. The lowest BCUT2D eigenvalue weighted by atomic mass is 10.1. The molecule has 0 atom stereocenters. The van der Waals surface area contributed by atoms with Crippen molar-refractivity contribution in [2.45, 2.75) is 39.3 Å². The van der Waals surface area contributed by atoms with E-state index in [0.29, 0.717) is 55.1 Å². The van der Waals surface area contributed by atoms with Crippen LogP contribution in [0.3, 0.4) is 0 Å². The van der Waals surface area contributed by atoms with Gasteiger partial charge in [0.05, 0.1) is 35.2 Å². The Labute approximate surface area is 186 Å². The maximum Gasteiger partial charge on any atom is 0.341 e. The van der Waals surface area contributed by atoms with E-state index in [4.69, 9.17) is 4.74 Å². The van der Waals surface area contributed by atoms with Gasteiger partial charge in [-0.25, -0.2) is 14.2 Å². The van der Waals surface area contributed by atoms with E-state index in [9.17, 15) is 14.3 Å². The molecular weight excluding hydrogens is 413 g/mol. The average molecular weight is 442 g/mol. The molecule has 0 spiro atoms. The van der Waals surface area contributed by atoms with Crippen LogP contribution in [-0.4, -0.2) is 51.6 Å². The first-order valence-corrected chi connectivity index (χ1v) is 10.8. The number of nitrogens with one attached hydrogen (secondary N) is 1. The first-order chi connectivity index (χ1) is 15.4. The summed E-state index contributed by atoms with van der Waals surface area (Å²) < 4.78 is 21.7. The molecule has 0 bridgehead atoms. The fourth-order valence-corrected chi connectivity index (χ4v) is 4.17. The van der Waals surface area contributed by atoms with Crippen LogP contribution in [0.25, 0.3) is 11.0 Å². The van der Waals surface area contributed by atoms with Crippen molar-refractivity contribution in [2.24, 2.45) is 7.05 Å². The number of piperidine rings is 1. The van der Waals surface area contributed by atoms with Crippen molar-refractivity contribution < 1.29 is 19.0 Å². The van der Waals surface area contributed by atoms with Crippen LogP contribution in [-0.2, 0) is 18.3 Å². The van der Waals surface area contributed by atoms with Gasteiger partial charge in [0.25, 0.3) is 0 Å². The van der Waals surface area contributed by atoms with Crippen LogP contribution in [0.4, 0.5) is 15.8 Å². The average Bonchev–Trinajstić information content (AvgIpc) is 3.07. The third kappa shape index (κ3) is 4.25. The number of ether oxygens (including phenoxy) is 1. The van der Waals surface area contributed by atoms with Crippen molar-refractivity contribution in [2.75, 3.05) is 29.9 Å². The summed E-state index contributed by atoms with van der Waals surface area (Å²) in [4.78, 5) is 18.9. The van der Waals surface area contributed by atoms with Crippen LogP contribution in [0.1, 0.15) is 41.4 Å². The van der Waals surface area contributed by atoms with Gasteiger partial charge in [-0.3, -0.25) is 4.68 Å². The summed E-state index contributed by atoms with van der Waals surface area (Å²) in [6, 6.07) is 5.15. The molecule has 32 heavy (non-hydrogen) atoms. The Morgan fingerprint density at radius 2 is 2.09 bits per heavy atom. The zero-order chi connectivity index (χ0) is 22.8. The quantitative estimate of drug-likeness (QED) is 0.568. The number of carbonyl (C=O) groups is 1. The van der Waals surface area contributed by atoms with Gasteiger partial charge in [0.15, 0.2) is 5.65 Å². The molecule has 0 amide bonds. The number of halogens is 1. The standard InChI is InChI=1S/C23H28FN5O3/c1-4-32-23(31)17-13-26-22-20(14(2)27-28(22)3)21(17)25-12-15-5-6-19(18(24)11-15)29-9-7-16(30)8-10-29/h5-6,11,13,16,30H,4,7-10,12H2,1-3H3,(H,25,26). The lowest BCUT2D eigenvalue weighted by Crippen LogP contribution is -2.36. The number of aromatic nitrogens is 3. The van der Waals surface area contributed by atoms with Gasteiger partial charge in [-0.2, -0.15) is 5.10 Å². The predicted molar refractivity (Wildman–Crippen MR) is 120 cm³/mol. The maximum absolute atomic E-state index is 14.9. The Morgan fingerprint density at radius 1 is 1.34 bits per heavy atom. The fourth-order valence-electron chi connectivity index (χ4n) is 4.17. The highest BCUT2D eigenvalue weighted by atomic mass is 19.1. The minimum Gasteiger partial charge on any atom is -0.462 e. The molecule has 0 saturated carbocycles. The van der Waals surface area contributed by atoms with Crippen LogP contribution >= 0.6 is 0 Å². The lowest BCUT2D eigenvalue weighted by Gasteiger charge is -2.31. The number of esters is 1. The molecule has 4 rings (SSSR count). The third-order valence-corrected chi connectivity index (χ3v) is 5.81. The second kappa shape index (κ2) is 9.12. The molecule has 1 saturated heterocycles. The fraction of sp³-hybridized carbons (Fsp3) is 0.435. The number of nitrogens with zero attached hydrogens (tertiary/aromatic N) is 4. The predicted octanol–water partition coefficient (Wildman–Crippen LogP) is 3.17. The molecule has 1 aliphatic heterocycles. The van der Waals surface area contributed by atoms with Gasteiger partial charge in [0.1, 0.15) is 11.4 Å². The number of aryl methyl sites for hydroxylation is 2. The van der Waals surface area contributed by atoms with Gasteiger partial charge in [-0.1, -0.05) is 6.07 Å². The smallest absolute Gasteiger partial charge is 0.341 e. The largest absolute Gasteiger partial charge is 0.462 e. The number of carbonyl (C=O) groups excluding carboxylic acids is 1. The maximum atomic E-state index is 14.9. The number of pyridine rings is 1. The SMILES string of the molecule is CCOC(=O)c1cnc2c(c(C)nn2C)c1NCc1ccc(N2CCC(O)CC2)c(F)c1. The van der Waals surface area contributed by atoms with Gasteiger partial charge in [0, 0.05) is 32.9 Å². The Kier molecular flexibility index (Phi) is 6.27. The van der Waals surface area contributed by atoms with Crippen LogP contribution in [0.2, 0.25) is 0 Å². The number of fused-ring (bicyclic) bond motifs is 1. The molecule has 170 valence electrons. The molecule has 3 heterocycles. The summed E-state index contributed by atoms with van der Waals surface area (Å²) in [5, 5.41) is 18.1. The molecule has 0 unspecified atom stereocenters. The number of aliphatic hydroxyl groups is 1. The molecule has 2 N–H and O–H groups in total. The van der Waals surface area contributed by atoms with Crippen LogP contribution in [0.5, 0.6) is 0 Å². The molecule has 0 radical (unpaired) electrons. The number of anilines is 2. The van der Waals surface area contributed by atoms with E-state index < -0.39 is 5.97 Å². The zero-order valence-electron chi connectivity index (χ0n) is 18.6. The van der Waals surface area contributed by atoms with Gasteiger partial charge in [-0.15, -0.1) is 0 Å². The molecule has 9 heteroatoms. The van der Waals surface area contributed by atoms with Crippen LogP contribution < -0.4 is 10.2 Å². The first kappa shape index (κ1) is 22.0. The number of hydrogen-bond donors (Lipinski definition) is 2. The topological polar surface area (TPSA) is 92.5 Å². The van der Waals surface area contributed by atoms with Crippen LogP contribution in [0, 0.1) is 12.7 Å². The number of aliphatic hydroxyl groups excluding tert-OH is 1. The second-order valence-electron chi connectivity index (χ2n) is 8.03. The Bertz CT molecular complexity index is 1140. The monoisotopic (exact) mass is 441 g/mol.